The van der Waals surface area contributed by atoms with E-state index in [-0.39, 0.29) is 37.7 Å². The Labute approximate surface area is 342 Å². The fraction of sp³-hybridized carbons (Fsp3) is 0.463. The number of nitrogens with zero attached hydrogens (tertiary/aromatic N) is 4. The maximum absolute atomic E-state index is 14.9. The molecule has 0 bridgehead atoms. The minimum atomic E-state index is -3.67. The van der Waals surface area contributed by atoms with E-state index >= 15 is 0 Å². The fourth-order valence-corrected chi connectivity index (χ4v) is 11.3. The number of hydrogen-bond donors (Lipinski definition) is 4. The number of hydrogen-bond acceptors (Lipinski definition) is 12. The molecule has 6 rings (SSSR count). The van der Waals surface area contributed by atoms with Crippen molar-refractivity contribution in [1.82, 2.24) is 30.5 Å². The van der Waals surface area contributed by atoms with Gasteiger partial charge >= 0.3 is 6.09 Å². The van der Waals surface area contributed by atoms with Gasteiger partial charge in [-0.1, -0.05) is 32.9 Å². The summed E-state index contributed by atoms with van der Waals surface area (Å²) in [5.41, 5.74) is 1.46. The highest BCUT2D eigenvalue weighted by atomic mass is 32.1. The normalized spacial score (nSPS) is 21.9. The van der Waals surface area contributed by atoms with Crippen LogP contribution in [0.1, 0.15) is 60.1 Å². The summed E-state index contributed by atoms with van der Waals surface area (Å²) in [6.07, 6.45) is 1.51. The Balaban J connectivity index is 1.37. The predicted octanol–water partition coefficient (Wildman–Crippen LogP) is 7.15. The van der Waals surface area contributed by atoms with Gasteiger partial charge in [0.05, 0.1) is 43.3 Å². The van der Waals surface area contributed by atoms with E-state index in [0.29, 0.717) is 45.9 Å². The third-order valence-corrected chi connectivity index (χ3v) is 14.4. The summed E-state index contributed by atoms with van der Waals surface area (Å²) in [4.78, 5) is 56.6. The van der Waals surface area contributed by atoms with Crippen LogP contribution in [0.3, 0.4) is 0 Å². The zero-order valence-corrected chi connectivity index (χ0v) is 35.6. The van der Waals surface area contributed by atoms with Crippen LogP contribution in [0.25, 0.3) is 22.3 Å². The summed E-state index contributed by atoms with van der Waals surface area (Å²) in [6.45, 7) is 15.1. The first-order valence-corrected chi connectivity index (χ1v) is 22.0. The molecule has 4 heterocycles. The Kier molecular flexibility index (Phi) is 12.5. The molecule has 15 nitrogen and oxygen atoms in total. The molecule has 4 aromatic rings. The van der Waals surface area contributed by atoms with Crippen LogP contribution in [0.15, 0.2) is 66.7 Å². The second-order valence-corrected chi connectivity index (χ2v) is 19.6. The van der Waals surface area contributed by atoms with Crippen molar-refractivity contribution in [2.75, 3.05) is 25.6 Å². The molecule has 0 unspecified atom stereocenters. The van der Waals surface area contributed by atoms with Gasteiger partial charge in [-0.3, -0.25) is 19.1 Å². The summed E-state index contributed by atoms with van der Waals surface area (Å²) in [5.74, 6) is -0.482. The van der Waals surface area contributed by atoms with Gasteiger partial charge in [0.2, 0.25) is 19.2 Å². The van der Waals surface area contributed by atoms with Crippen molar-refractivity contribution in [1.29, 1.82) is 0 Å². The third kappa shape index (κ3) is 8.98. The number of carboxylic acid groups (broad SMARTS) is 1. The molecule has 1 aromatic carbocycles. The second kappa shape index (κ2) is 17.0. The third-order valence-electron chi connectivity index (χ3n) is 10.3. The molecular weight excluding hydrogens is 782 g/mol. The number of carbonyl (C=O) groups is 3. The fourth-order valence-electron chi connectivity index (χ4n) is 7.42. The molecular formula is C41H52N7O8PS. The molecule has 2 aliphatic rings. The number of aromatic nitrogens is 3. The molecule has 58 heavy (non-hydrogen) atoms. The number of pyridine rings is 2. The van der Waals surface area contributed by atoms with E-state index in [0.717, 1.165) is 5.13 Å². The number of anilines is 1. The van der Waals surface area contributed by atoms with E-state index in [9.17, 15) is 24.1 Å². The molecule has 3 amide bonds. The van der Waals surface area contributed by atoms with Crippen molar-refractivity contribution in [3.05, 3.63) is 72.4 Å². The molecule has 0 spiro atoms. The molecule has 1 aliphatic heterocycles. The number of amides is 3. The number of methoxy groups -OCH3 is 1. The number of fused-ring (bicyclic) bond motifs is 1. The SMILES string of the molecule is C=C[C@@H]1C[C@]1(NC(=O)[C@@H]1C[C@@H](Oc2cc(-c3csc(NC(C)C)n3)nc3cc(OC)ccc23)CN1C(=O)[C@@H](NC(=O)O)C(C)(C)C)[P@](=O)(Cc1ccccn1)OCC. The Hall–Kier alpha value is -5.05. The van der Waals surface area contributed by atoms with Crippen molar-refractivity contribution in [3.63, 3.8) is 0 Å². The number of thiazole rings is 1. The zero-order chi connectivity index (χ0) is 42.0. The lowest BCUT2D eigenvalue weighted by molar-refractivity contribution is -0.142. The van der Waals surface area contributed by atoms with E-state index in [2.05, 4.69) is 27.5 Å². The van der Waals surface area contributed by atoms with E-state index in [4.69, 9.17) is 24.0 Å². The Bertz CT molecular complexity index is 2210. The number of carbonyl (C=O) groups excluding carboxylic acids is 2. The van der Waals surface area contributed by atoms with Crippen LogP contribution >= 0.6 is 18.7 Å². The number of nitrogens with one attached hydrogen (secondary N) is 3. The van der Waals surface area contributed by atoms with Gasteiger partial charge in [0.25, 0.3) is 0 Å². The maximum Gasteiger partial charge on any atom is 0.405 e. The first kappa shape index (κ1) is 42.6. The Morgan fingerprint density at radius 1 is 1.16 bits per heavy atom. The smallest absolute Gasteiger partial charge is 0.405 e. The first-order chi connectivity index (χ1) is 27.5. The topological polar surface area (TPSA) is 194 Å². The van der Waals surface area contributed by atoms with E-state index in [1.807, 2.05) is 25.3 Å². The highest BCUT2D eigenvalue weighted by Gasteiger charge is 2.67. The van der Waals surface area contributed by atoms with Crippen molar-refractivity contribution in [2.24, 2.45) is 11.3 Å². The number of benzene rings is 1. The minimum Gasteiger partial charge on any atom is -0.497 e. The summed E-state index contributed by atoms with van der Waals surface area (Å²) in [5, 5.41) is 20.6. The predicted molar refractivity (Wildman–Crippen MR) is 223 cm³/mol. The molecule has 1 saturated carbocycles. The van der Waals surface area contributed by atoms with Crippen molar-refractivity contribution >= 4 is 52.6 Å². The van der Waals surface area contributed by atoms with Crippen molar-refractivity contribution < 1.29 is 38.1 Å². The van der Waals surface area contributed by atoms with E-state index in [1.165, 1.54) is 16.2 Å². The molecule has 1 aliphatic carbocycles. The molecule has 310 valence electrons. The molecule has 17 heteroatoms. The van der Waals surface area contributed by atoms with Gasteiger partial charge in [-0.2, -0.15) is 0 Å². The first-order valence-electron chi connectivity index (χ1n) is 19.3. The van der Waals surface area contributed by atoms with Gasteiger partial charge in [-0.15, -0.1) is 17.9 Å². The standard InChI is InChI=1S/C41H52N7O8PS/c1-9-25-20-41(25,57(53,55-10-2)22-26-13-11-12-16-42-26)47-36(49)33-18-28(21-48(33)37(50)35(40(5,6)7)46-39(51)52)56-34-19-31(32-23-58-38(45-32)43-24(3)4)44-30-17-27(54-8)14-15-29(30)34/h9,11-17,19,23-25,28,33,35,46H,1,10,18,20-22H2,2-8H3,(H,43,45)(H,47,49)(H,51,52)/t25-,28-,33+,35-,41+,57+/m1/s1. The second-order valence-electron chi connectivity index (χ2n) is 16.0. The van der Waals surface area contributed by atoms with E-state index in [1.54, 1.807) is 83.5 Å². The number of rotatable bonds is 16. The lowest BCUT2D eigenvalue weighted by Gasteiger charge is -2.35. The maximum atomic E-state index is 14.9. The molecule has 2 fully saturated rings. The Morgan fingerprint density at radius 2 is 1.93 bits per heavy atom. The average molecular weight is 834 g/mol. The highest BCUT2D eigenvalue weighted by Crippen LogP contribution is 2.73. The van der Waals surface area contributed by atoms with Gasteiger partial charge in [0, 0.05) is 47.5 Å². The quantitative estimate of drug-likeness (QED) is 0.0659. The lowest BCUT2D eigenvalue weighted by atomic mass is 9.85. The van der Waals surface area contributed by atoms with Crippen LogP contribution in [0, 0.1) is 11.3 Å². The van der Waals surface area contributed by atoms with Crippen LogP contribution in [-0.2, 0) is 24.8 Å². The average Bonchev–Trinajstić information content (AvgIpc) is 3.45. The summed E-state index contributed by atoms with van der Waals surface area (Å²) in [6, 6.07) is 10.4. The van der Waals surface area contributed by atoms with Gasteiger partial charge in [-0.05, 0) is 56.9 Å². The number of likely N-dealkylation sites (tertiary alicyclic amines) is 1. The molecule has 1 saturated heterocycles. The molecule has 4 N–H and O–H groups in total. The summed E-state index contributed by atoms with van der Waals surface area (Å²) in [7, 11) is -2.10. The summed E-state index contributed by atoms with van der Waals surface area (Å²) < 4.78 is 33.2. The van der Waals surface area contributed by atoms with Gasteiger partial charge in [-0.25, -0.2) is 14.8 Å². The van der Waals surface area contributed by atoms with Gasteiger partial charge in [0.15, 0.2) is 5.13 Å². The van der Waals surface area contributed by atoms with Crippen molar-refractivity contribution in [3.8, 4) is 22.9 Å². The van der Waals surface area contributed by atoms with Crippen LogP contribution in [0.4, 0.5) is 9.93 Å². The lowest BCUT2D eigenvalue weighted by Crippen LogP contribution is -2.58. The van der Waals surface area contributed by atoms with Gasteiger partial charge < -0.3 is 40.0 Å². The van der Waals surface area contributed by atoms with Crippen LogP contribution in [-0.4, -0.2) is 92.6 Å². The van der Waals surface area contributed by atoms with Crippen LogP contribution in [0.2, 0.25) is 0 Å². The minimum absolute atomic E-state index is 0.0176. The largest absolute Gasteiger partial charge is 0.497 e. The van der Waals surface area contributed by atoms with Crippen LogP contribution < -0.4 is 25.4 Å². The van der Waals surface area contributed by atoms with E-state index < -0.39 is 54.2 Å². The molecule has 0 radical (unpaired) electrons. The zero-order valence-electron chi connectivity index (χ0n) is 33.9. The van der Waals surface area contributed by atoms with Gasteiger partial charge in [0.1, 0.15) is 40.7 Å². The monoisotopic (exact) mass is 833 g/mol. The molecule has 3 aromatic heterocycles. The summed E-state index contributed by atoms with van der Waals surface area (Å²) >= 11 is 1.45. The van der Waals surface area contributed by atoms with Crippen LogP contribution in [0.5, 0.6) is 11.5 Å². The highest BCUT2D eigenvalue weighted by molar-refractivity contribution is 7.60. The number of ether oxygens (including phenoxy) is 2. The van der Waals surface area contributed by atoms with Crippen molar-refractivity contribution in [2.45, 2.75) is 90.1 Å². The Morgan fingerprint density at radius 3 is 2.55 bits per heavy atom. The molecule has 6 atom stereocenters.